The van der Waals surface area contributed by atoms with Gasteiger partial charge in [0.25, 0.3) is 0 Å². The van der Waals surface area contributed by atoms with Gasteiger partial charge in [-0.25, -0.2) is 9.59 Å². The molecule has 52 heavy (non-hydrogen) atoms. The predicted octanol–water partition coefficient (Wildman–Crippen LogP) is 3.90. The van der Waals surface area contributed by atoms with Crippen molar-refractivity contribution in [2.45, 2.75) is 49.3 Å². The summed E-state index contributed by atoms with van der Waals surface area (Å²) >= 11 is 0. The second-order valence-electron chi connectivity index (χ2n) is 12.2. The Hall–Kier alpha value is -5.86. The van der Waals surface area contributed by atoms with E-state index in [0.717, 1.165) is 17.7 Å². The smallest absolute Gasteiger partial charge is 0.331 e. The van der Waals surface area contributed by atoms with E-state index in [9.17, 15) is 40.2 Å². The molecule has 2 aliphatic heterocycles. The highest BCUT2D eigenvalue weighted by atomic mass is 16.7. The Labute approximate surface area is 297 Å². The van der Waals surface area contributed by atoms with E-state index in [1.165, 1.54) is 42.5 Å². The van der Waals surface area contributed by atoms with Crippen molar-refractivity contribution in [3.8, 4) is 28.7 Å². The molecule has 0 radical (unpaired) electrons. The Morgan fingerprint density at radius 3 is 2.06 bits per heavy atom. The zero-order valence-corrected chi connectivity index (χ0v) is 27.5. The highest BCUT2D eigenvalue weighted by Gasteiger charge is 2.50. The van der Waals surface area contributed by atoms with Gasteiger partial charge in [0, 0.05) is 36.3 Å². The third kappa shape index (κ3) is 8.53. The lowest BCUT2D eigenvalue weighted by Gasteiger charge is -2.44. The van der Waals surface area contributed by atoms with E-state index in [0.29, 0.717) is 11.1 Å². The lowest BCUT2D eigenvalue weighted by molar-refractivity contribution is -0.319. The van der Waals surface area contributed by atoms with Gasteiger partial charge in [-0.1, -0.05) is 66.7 Å². The van der Waals surface area contributed by atoms with E-state index in [-0.39, 0.29) is 29.2 Å². The molecule has 7 atom stereocenters. The summed E-state index contributed by atoms with van der Waals surface area (Å²) < 4.78 is 29.5. The molecular weight excluding hydrogens is 676 g/mol. The number of ether oxygens (including phenoxy) is 5. The van der Waals surface area contributed by atoms with Gasteiger partial charge in [0.2, 0.25) is 0 Å². The number of phenolic OH excluding ortho intramolecular Hbond substituents is 4. The van der Waals surface area contributed by atoms with Gasteiger partial charge in [-0.15, -0.1) is 0 Å². The summed E-state index contributed by atoms with van der Waals surface area (Å²) in [6, 6.07) is 24.2. The van der Waals surface area contributed by atoms with E-state index in [1.54, 1.807) is 48.5 Å². The number of rotatable bonds is 10. The van der Waals surface area contributed by atoms with Crippen molar-refractivity contribution in [3.05, 3.63) is 125 Å². The number of fused-ring (bicyclic) bond motifs is 1. The molecule has 6 rings (SSSR count). The average molecular weight is 713 g/mol. The number of hydrogen-bond acceptors (Lipinski definition) is 13. The molecule has 7 unspecified atom stereocenters. The lowest BCUT2D eigenvalue weighted by atomic mass is 9.93. The molecule has 270 valence electrons. The third-order valence-corrected chi connectivity index (χ3v) is 8.51. The van der Waals surface area contributed by atoms with Crippen LogP contribution in [0.4, 0.5) is 0 Å². The summed E-state index contributed by atoms with van der Waals surface area (Å²) in [5.74, 6) is -2.98. The van der Waals surface area contributed by atoms with Crippen molar-refractivity contribution < 1.29 is 63.9 Å². The number of esters is 2. The van der Waals surface area contributed by atoms with Crippen molar-refractivity contribution in [2.24, 2.45) is 0 Å². The van der Waals surface area contributed by atoms with Gasteiger partial charge in [0.15, 0.2) is 30.0 Å². The number of aliphatic hydroxyl groups excluding tert-OH is 2. The Kier molecular flexibility index (Phi) is 11.1. The molecule has 0 spiro atoms. The number of aliphatic hydroxyl groups is 2. The maximum Gasteiger partial charge on any atom is 0.331 e. The topological polar surface area (TPSA) is 202 Å². The minimum Gasteiger partial charge on any atom is -0.508 e. The van der Waals surface area contributed by atoms with E-state index in [2.05, 4.69) is 0 Å². The van der Waals surface area contributed by atoms with Gasteiger partial charge >= 0.3 is 11.9 Å². The van der Waals surface area contributed by atoms with Gasteiger partial charge in [-0.3, -0.25) is 0 Å². The first-order valence-corrected chi connectivity index (χ1v) is 16.3. The number of phenols is 4. The SMILES string of the molecule is O=C(C=Cc1ccccc1)OCC1OC(OC2Cc3c(O)cc(O)cc3OC2c2ccc(O)c(O)c2)C(OC(=O)C=Cc2ccccc2)C(O)C1O. The van der Waals surface area contributed by atoms with Crippen LogP contribution in [0.3, 0.4) is 0 Å². The Morgan fingerprint density at radius 1 is 0.750 bits per heavy atom. The first kappa shape index (κ1) is 35.9. The fourth-order valence-electron chi connectivity index (χ4n) is 5.86. The zero-order valence-electron chi connectivity index (χ0n) is 27.5. The van der Waals surface area contributed by atoms with E-state index in [1.807, 2.05) is 12.1 Å². The quantitative estimate of drug-likeness (QED) is 0.0786. The second-order valence-corrected chi connectivity index (χ2v) is 12.2. The summed E-state index contributed by atoms with van der Waals surface area (Å²) in [6.07, 6.45) is -5.01. The molecule has 4 aromatic rings. The van der Waals surface area contributed by atoms with Crippen LogP contribution in [0, 0.1) is 0 Å². The molecule has 13 heteroatoms. The minimum atomic E-state index is -1.80. The Bertz CT molecular complexity index is 1930. The van der Waals surface area contributed by atoms with Crippen LogP contribution in [-0.4, -0.2) is 86.0 Å². The molecule has 0 aliphatic carbocycles. The van der Waals surface area contributed by atoms with Crippen LogP contribution in [0.5, 0.6) is 28.7 Å². The van der Waals surface area contributed by atoms with Crippen LogP contribution in [0.1, 0.15) is 28.4 Å². The summed E-state index contributed by atoms with van der Waals surface area (Å²) in [5.41, 5.74) is 1.99. The highest BCUT2D eigenvalue weighted by Crippen LogP contribution is 2.44. The fraction of sp³-hybridized carbons (Fsp3) is 0.231. The third-order valence-electron chi connectivity index (χ3n) is 8.51. The minimum absolute atomic E-state index is 0.0786. The average Bonchev–Trinajstić information content (AvgIpc) is 3.14. The number of carbonyl (C=O) groups is 2. The van der Waals surface area contributed by atoms with E-state index in [4.69, 9.17) is 23.7 Å². The summed E-state index contributed by atoms with van der Waals surface area (Å²) in [5, 5.41) is 63.4. The molecule has 2 aliphatic rings. The van der Waals surface area contributed by atoms with Gasteiger partial charge < -0.3 is 54.3 Å². The molecule has 13 nitrogen and oxygen atoms in total. The van der Waals surface area contributed by atoms with Crippen LogP contribution in [0.15, 0.2) is 103 Å². The standard InChI is InChI=1S/C39H36O13/c40-25-18-28(42)26-20-31(37(49-30(26)19-25)24-13-14-27(41)29(43)17-24)50-39-38(52-34(45)16-12-23-9-5-2-6-10-23)36(47)35(46)32(51-39)21-48-33(44)15-11-22-7-3-1-4-8-22/h1-19,31-32,35-43,46-47H,20-21H2. The molecule has 1 saturated heterocycles. The number of benzene rings is 4. The van der Waals surface area contributed by atoms with Crippen molar-refractivity contribution in [3.63, 3.8) is 0 Å². The van der Waals surface area contributed by atoms with Crippen molar-refractivity contribution in [1.29, 1.82) is 0 Å². The predicted molar refractivity (Wildman–Crippen MR) is 184 cm³/mol. The second kappa shape index (κ2) is 16.0. The lowest BCUT2D eigenvalue weighted by Crippen LogP contribution is -2.61. The Balaban J connectivity index is 1.27. The van der Waals surface area contributed by atoms with Crippen molar-refractivity contribution in [1.82, 2.24) is 0 Å². The Morgan fingerprint density at radius 2 is 1.40 bits per heavy atom. The molecule has 1 fully saturated rings. The first-order valence-electron chi connectivity index (χ1n) is 16.3. The maximum absolute atomic E-state index is 13.0. The summed E-state index contributed by atoms with van der Waals surface area (Å²) in [4.78, 5) is 25.6. The molecule has 4 aromatic carbocycles. The number of aromatic hydroxyl groups is 4. The molecule has 6 N–H and O–H groups in total. The number of carbonyl (C=O) groups excluding carboxylic acids is 2. The maximum atomic E-state index is 13.0. The molecule has 0 amide bonds. The first-order chi connectivity index (χ1) is 25.0. The van der Waals surface area contributed by atoms with Crippen LogP contribution < -0.4 is 4.74 Å². The van der Waals surface area contributed by atoms with Crippen LogP contribution in [0.2, 0.25) is 0 Å². The van der Waals surface area contributed by atoms with Gasteiger partial charge in [0.05, 0.1) is 0 Å². The monoisotopic (exact) mass is 712 g/mol. The number of hydrogen-bond donors (Lipinski definition) is 6. The van der Waals surface area contributed by atoms with Crippen LogP contribution in [0.25, 0.3) is 12.2 Å². The van der Waals surface area contributed by atoms with Gasteiger partial charge in [-0.2, -0.15) is 0 Å². The van der Waals surface area contributed by atoms with Crippen LogP contribution in [-0.2, 0) is 35.0 Å². The molecule has 0 saturated carbocycles. The molecule has 0 bridgehead atoms. The highest BCUT2D eigenvalue weighted by molar-refractivity contribution is 5.87. The zero-order chi connectivity index (χ0) is 36.8. The molecular formula is C39H36O13. The summed E-state index contributed by atoms with van der Waals surface area (Å²) in [7, 11) is 0. The van der Waals surface area contributed by atoms with Gasteiger partial charge in [-0.05, 0) is 41.0 Å². The van der Waals surface area contributed by atoms with Crippen molar-refractivity contribution in [2.75, 3.05) is 6.61 Å². The van der Waals surface area contributed by atoms with Gasteiger partial charge in [0.1, 0.15) is 48.3 Å². The van der Waals surface area contributed by atoms with E-state index >= 15 is 0 Å². The molecule has 0 aromatic heterocycles. The summed E-state index contributed by atoms with van der Waals surface area (Å²) in [6.45, 7) is -0.524. The van der Waals surface area contributed by atoms with Crippen LogP contribution >= 0.6 is 0 Å². The molecule has 2 heterocycles. The normalized spacial score (nSPS) is 24.2. The fourth-order valence-corrected chi connectivity index (χ4v) is 5.86. The van der Waals surface area contributed by atoms with E-state index < -0.39 is 73.0 Å². The largest absolute Gasteiger partial charge is 0.508 e. The van der Waals surface area contributed by atoms with Crippen molar-refractivity contribution >= 4 is 24.1 Å².